The molecule has 0 spiro atoms. The predicted molar refractivity (Wildman–Crippen MR) is 84.9 cm³/mol. The van der Waals surface area contributed by atoms with Crippen LogP contribution in [0.2, 0.25) is 0 Å². The third-order valence-electron chi connectivity index (χ3n) is 6.06. The van der Waals surface area contributed by atoms with E-state index in [1.807, 2.05) is 11.9 Å². The van der Waals surface area contributed by atoms with Crippen LogP contribution in [0.4, 0.5) is 0 Å². The van der Waals surface area contributed by atoms with Crippen molar-refractivity contribution in [2.45, 2.75) is 77.5 Å². The SMILES string of the molecule is CCOC1CC(N(C)C(=O)C2CCC(N)C2)C1(CC)CC. The molecule has 0 aromatic carbocycles. The van der Waals surface area contributed by atoms with Crippen molar-refractivity contribution in [3.8, 4) is 0 Å². The van der Waals surface area contributed by atoms with Crippen molar-refractivity contribution in [1.29, 1.82) is 0 Å². The fourth-order valence-corrected chi connectivity index (χ4v) is 4.56. The van der Waals surface area contributed by atoms with Gasteiger partial charge in [-0.3, -0.25) is 4.79 Å². The zero-order chi connectivity index (χ0) is 15.6. The molecule has 0 heterocycles. The second-order valence-electron chi connectivity index (χ2n) is 6.85. The fourth-order valence-electron chi connectivity index (χ4n) is 4.56. The largest absolute Gasteiger partial charge is 0.378 e. The van der Waals surface area contributed by atoms with Crippen molar-refractivity contribution in [2.75, 3.05) is 13.7 Å². The normalized spacial score (nSPS) is 34.5. The van der Waals surface area contributed by atoms with Crippen LogP contribution in [-0.2, 0) is 9.53 Å². The molecule has 0 aliphatic heterocycles. The minimum absolute atomic E-state index is 0.140. The van der Waals surface area contributed by atoms with Gasteiger partial charge in [0.2, 0.25) is 5.91 Å². The second-order valence-corrected chi connectivity index (χ2v) is 6.85. The van der Waals surface area contributed by atoms with Gasteiger partial charge in [0, 0.05) is 37.1 Å². The van der Waals surface area contributed by atoms with Crippen LogP contribution in [0, 0.1) is 11.3 Å². The lowest BCUT2D eigenvalue weighted by molar-refractivity contribution is -0.179. The van der Waals surface area contributed by atoms with Crippen molar-refractivity contribution in [3.05, 3.63) is 0 Å². The van der Waals surface area contributed by atoms with Crippen LogP contribution in [0.5, 0.6) is 0 Å². The van der Waals surface area contributed by atoms with Crippen LogP contribution < -0.4 is 5.73 Å². The molecule has 1 amide bonds. The lowest BCUT2D eigenvalue weighted by Crippen LogP contribution is -2.65. The highest BCUT2D eigenvalue weighted by Gasteiger charge is 2.56. The highest BCUT2D eigenvalue weighted by molar-refractivity contribution is 5.79. The van der Waals surface area contributed by atoms with Gasteiger partial charge in [0.1, 0.15) is 0 Å². The summed E-state index contributed by atoms with van der Waals surface area (Å²) in [4.78, 5) is 14.8. The Morgan fingerprint density at radius 2 is 1.90 bits per heavy atom. The summed E-state index contributed by atoms with van der Waals surface area (Å²) in [5.41, 5.74) is 6.10. The minimum Gasteiger partial charge on any atom is -0.378 e. The van der Waals surface area contributed by atoms with Gasteiger partial charge in [0.05, 0.1) is 6.10 Å². The molecule has 2 rings (SSSR count). The Balaban J connectivity index is 2.05. The van der Waals surface area contributed by atoms with Crippen LogP contribution >= 0.6 is 0 Å². The van der Waals surface area contributed by atoms with E-state index in [1.54, 1.807) is 0 Å². The van der Waals surface area contributed by atoms with Crippen LogP contribution in [0.25, 0.3) is 0 Å². The number of hydrogen-bond donors (Lipinski definition) is 1. The molecule has 2 aliphatic carbocycles. The van der Waals surface area contributed by atoms with Gasteiger partial charge in [-0.05, 0) is 45.4 Å². The highest BCUT2D eigenvalue weighted by Crippen LogP contribution is 2.51. The molecular weight excluding hydrogens is 264 g/mol. The van der Waals surface area contributed by atoms with E-state index in [9.17, 15) is 4.79 Å². The van der Waals surface area contributed by atoms with E-state index in [0.29, 0.717) is 18.1 Å². The quantitative estimate of drug-likeness (QED) is 0.819. The lowest BCUT2D eigenvalue weighted by Gasteiger charge is -2.58. The summed E-state index contributed by atoms with van der Waals surface area (Å²) in [5.74, 6) is 0.441. The first kappa shape index (κ1) is 16.8. The smallest absolute Gasteiger partial charge is 0.225 e. The Bertz CT molecular complexity index is 368. The second kappa shape index (κ2) is 6.66. The summed E-state index contributed by atoms with van der Waals surface area (Å²) < 4.78 is 5.92. The number of amides is 1. The van der Waals surface area contributed by atoms with Crippen molar-refractivity contribution >= 4 is 5.91 Å². The van der Waals surface area contributed by atoms with Gasteiger partial charge in [-0.25, -0.2) is 0 Å². The summed E-state index contributed by atoms with van der Waals surface area (Å²) in [7, 11) is 1.99. The number of ether oxygens (including phenoxy) is 1. The monoisotopic (exact) mass is 296 g/mol. The first-order valence-electron chi connectivity index (χ1n) is 8.63. The molecular formula is C17H32N2O2. The summed E-state index contributed by atoms with van der Waals surface area (Å²) in [5, 5.41) is 0. The standard InChI is InChI=1S/C17H32N2O2/c1-5-17(6-2)14(11-15(17)21-7-3)19(4)16(20)12-8-9-13(18)10-12/h12-15H,5-11,18H2,1-4H3. The Labute approximate surface area is 129 Å². The lowest BCUT2D eigenvalue weighted by atomic mass is 9.58. The van der Waals surface area contributed by atoms with Crippen molar-refractivity contribution in [1.82, 2.24) is 4.90 Å². The molecule has 2 aliphatic rings. The molecule has 0 aromatic rings. The number of carbonyl (C=O) groups excluding carboxylic acids is 1. The third kappa shape index (κ3) is 2.85. The van der Waals surface area contributed by atoms with Gasteiger partial charge in [0.25, 0.3) is 0 Å². The van der Waals surface area contributed by atoms with Gasteiger partial charge in [-0.1, -0.05) is 13.8 Å². The molecule has 0 radical (unpaired) electrons. The third-order valence-corrected chi connectivity index (χ3v) is 6.06. The topological polar surface area (TPSA) is 55.6 Å². The average molecular weight is 296 g/mol. The Kier molecular flexibility index (Phi) is 5.31. The molecule has 2 saturated carbocycles. The maximum Gasteiger partial charge on any atom is 0.225 e. The van der Waals surface area contributed by atoms with Gasteiger partial charge >= 0.3 is 0 Å². The Morgan fingerprint density at radius 1 is 1.24 bits per heavy atom. The number of rotatable bonds is 6. The van der Waals surface area contributed by atoms with E-state index < -0.39 is 0 Å². The maximum absolute atomic E-state index is 12.7. The molecule has 4 heteroatoms. The van der Waals surface area contributed by atoms with Gasteiger partial charge in [-0.15, -0.1) is 0 Å². The Morgan fingerprint density at radius 3 is 2.38 bits per heavy atom. The fraction of sp³-hybridized carbons (Fsp3) is 0.941. The first-order valence-corrected chi connectivity index (χ1v) is 8.63. The summed E-state index contributed by atoms with van der Waals surface area (Å²) in [6.45, 7) is 7.27. The summed E-state index contributed by atoms with van der Waals surface area (Å²) in [6.07, 6.45) is 6.23. The Hall–Kier alpha value is -0.610. The van der Waals surface area contributed by atoms with E-state index in [-0.39, 0.29) is 17.4 Å². The van der Waals surface area contributed by atoms with Crippen molar-refractivity contribution in [2.24, 2.45) is 17.1 Å². The summed E-state index contributed by atoms with van der Waals surface area (Å²) >= 11 is 0. The molecule has 4 atom stereocenters. The maximum atomic E-state index is 12.7. The van der Waals surface area contributed by atoms with E-state index in [2.05, 4.69) is 20.8 Å². The van der Waals surface area contributed by atoms with E-state index in [4.69, 9.17) is 10.5 Å². The molecule has 4 unspecified atom stereocenters. The van der Waals surface area contributed by atoms with Crippen molar-refractivity contribution < 1.29 is 9.53 Å². The number of nitrogens with two attached hydrogens (primary N) is 1. The zero-order valence-electron chi connectivity index (χ0n) is 14.1. The number of hydrogen-bond acceptors (Lipinski definition) is 3. The predicted octanol–water partition coefficient (Wildman–Crippen LogP) is 2.56. The van der Waals surface area contributed by atoms with E-state index in [1.165, 1.54) is 0 Å². The average Bonchev–Trinajstić information content (AvgIpc) is 2.90. The van der Waals surface area contributed by atoms with E-state index >= 15 is 0 Å². The number of carbonyl (C=O) groups is 1. The van der Waals surface area contributed by atoms with Crippen LogP contribution in [-0.4, -0.2) is 42.6 Å². The van der Waals surface area contributed by atoms with Crippen LogP contribution in [0.3, 0.4) is 0 Å². The van der Waals surface area contributed by atoms with Gasteiger partial charge < -0.3 is 15.4 Å². The molecule has 0 aromatic heterocycles. The summed E-state index contributed by atoms with van der Waals surface area (Å²) in [6, 6.07) is 0.542. The first-order chi connectivity index (χ1) is 10.00. The molecule has 0 bridgehead atoms. The zero-order valence-corrected chi connectivity index (χ0v) is 14.1. The minimum atomic E-state index is 0.140. The van der Waals surface area contributed by atoms with E-state index in [0.717, 1.165) is 45.1 Å². The molecule has 2 N–H and O–H groups in total. The molecule has 21 heavy (non-hydrogen) atoms. The molecule has 2 fully saturated rings. The molecule has 4 nitrogen and oxygen atoms in total. The van der Waals surface area contributed by atoms with Gasteiger partial charge in [-0.2, -0.15) is 0 Å². The number of nitrogens with zero attached hydrogens (tertiary/aromatic N) is 1. The highest BCUT2D eigenvalue weighted by atomic mass is 16.5. The van der Waals surface area contributed by atoms with Crippen LogP contribution in [0.1, 0.15) is 59.3 Å². The molecule has 0 saturated heterocycles. The van der Waals surface area contributed by atoms with Crippen molar-refractivity contribution in [3.63, 3.8) is 0 Å². The van der Waals surface area contributed by atoms with Crippen LogP contribution in [0.15, 0.2) is 0 Å². The molecule has 122 valence electrons. The van der Waals surface area contributed by atoms with Gasteiger partial charge in [0.15, 0.2) is 0 Å².